The minimum atomic E-state index is 0.297. The standard InChI is InChI=1S/C13H21NO2/c1-16-11-12-5-7-13(8-6-12)14-9-3-2-4-10-15/h5-8,14-15H,2-4,9-11H2,1H3. The van der Waals surface area contributed by atoms with Crippen LogP contribution in [-0.2, 0) is 11.3 Å². The molecule has 0 radical (unpaired) electrons. The van der Waals surface area contributed by atoms with Gasteiger partial charge in [-0.2, -0.15) is 0 Å². The van der Waals surface area contributed by atoms with Crippen LogP contribution in [0.5, 0.6) is 0 Å². The van der Waals surface area contributed by atoms with E-state index in [-0.39, 0.29) is 0 Å². The molecule has 0 unspecified atom stereocenters. The van der Waals surface area contributed by atoms with Crippen molar-refractivity contribution in [1.82, 2.24) is 0 Å². The van der Waals surface area contributed by atoms with E-state index in [4.69, 9.17) is 9.84 Å². The Bertz CT molecular complexity index is 272. The number of aliphatic hydroxyl groups excluding tert-OH is 1. The molecule has 0 saturated heterocycles. The highest BCUT2D eigenvalue weighted by molar-refractivity contribution is 5.44. The average Bonchev–Trinajstić information content (AvgIpc) is 2.31. The molecule has 0 heterocycles. The number of nitrogens with one attached hydrogen (secondary N) is 1. The molecule has 0 saturated carbocycles. The maximum Gasteiger partial charge on any atom is 0.0713 e. The Morgan fingerprint density at radius 1 is 1.12 bits per heavy atom. The van der Waals surface area contributed by atoms with Gasteiger partial charge in [-0.15, -0.1) is 0 Å². The van der Waals surface area contributed by atoms with Crippen LogP contribution < -0.4 is 5.32 Å². The van der Waals surface area contributed by atoms with Gasteiger partial charge in [-0.1, -0.05) is 12.1 Å². The topological polar surface area (TPSA) is 41.5 Å². The number of hydrogen-bond acceptors (Lipinski definition) is 3. The summed E-state index contributed by atoms with van der Waals surface area (Å²) in [5.74, 6) is 0. The Morgan fingerprint density at radius 3 is 2.50 bits per heavy atom. The molecule has 0 aliphatic rings. The van der Waals surface area contributed by atoms with E-state index in [1.165, 1.54) is 5.56 Å². The van der Waals surface area contributed by atoms with E-state index in [1.54, 1.807) is 7.11 Å². The highest BCUT2D eigenvalue weighted by atomic mass is 16.5. The van der Waals surface area contributed by atoms with Crippen LogP contribution in [-0.4, -0.2) is 25.4 Å². The van der Waals surface area contributed by atoms with Crippen molar-refractivity contribution in [1.29, 1.82) is 0 Å². The van der Waals surface area contributed by atoms with Crippen LogP contribution in [0, 0.1) is 0 Å². The van der Waals surface area contributed by atoms with Gasteiger partial charge in [0, 0.05) is 25.9 Å². The van der Waals surface area contributed by atoms with E-state index < -0.39 is 0 Å². The van der Waals surface area contributed by atoms with Gasteiger partial charge in [-0.3, -0.25) is 0 Å². The van der Waals surface area contributed by atoms with Gasteiger partial charge in [0.05, 0.1) is 6.61 Å². The number of methoxy groups -OCH3 is 1. The van der Waals surface area contributed by atoms with Crippen molar-refractivity contribution in [2.75, 3.05) is 25.6 Å². The zero-order valence-corrected chi connectivity index (χ0v) is 9.91. The fourth-order valence-corrected chi connectivity index (χ4v) is 1.53. The summed E-state index contributed by atoms with van der Waals surface area (Å²) in [5, 5.41) is 12.0. The Balaban J connectivity index is 2.21. The minimum absolute atomic E-state index is 0.297. The Hall–Kier alpha value is -1.06. The van der Waals surface area contributed by atoms with E-state index in [0.29, 0.717) is 13.2 Å². The number of rotatable bonds is 8. The van der Waals surface area contributed by atoms with Gasteiger partial charge in [-0.05, 0) is 37.0 Å². The van der Waals surface area contributed by atoms with Crippen molar-refractivity contribution in [2.24, 2.45) is 0 Å². The summed E-state index contributed by atoms with van der Waals surface area (Å²) < 4.78 is 5.05. The van der Waals surface area contributed by atoms with Crippen LogP contribution in [0.15, 0.2) is 24.3 Å². The molecule has 0 spiro atoms. The maximum atomic E-state index is 8.63. The molecule has 16 heavy (non-hydrogen) atoms. The molecular weight excluding hydrogens is 202 g/mol. The summed E-state index contributed by atoms with van der Waals surface area (Å²) in [6.07, 6.45) is 3.07. The molecule has 3 nitrogen and oxygen atoms in total. The van der Waals surface area contributed by atoms with Gasteiger partial charge >= 0.3 is 0 Å². The number of benzene rings is 1. The minimum Gasteiger partial charge on any atom is -0.396 e. The van der Waals surface area contributed by atoms with Gasteiger partial charge in [0.15, 0.2) is 0 Å². The third-order valence-electron chi connectivity index (χ3n) is 2.43. The summed E-state index contributed by atoms with van der Waals surface area (Å²) in [7, 11) is 1.70. The van der Waals surface area contributed by atoms with Gasteiger partial charge < -0.3 is 15.2 Å². The van der Waals surface area contributed by atoms with E-state index in [0.717, 1.165) is 31.5 Å². The van der Waals surface area contributed by atoms with Gasteiger partial charge in [-0.25, -0.2) is 0 Å². The number of hydrogen-bond donors (Lipinski definition) is 2. The van der Waals surface area contributed by atoms with Crippen LogP contribution in [0.25, 0.3) is 0 Å². The third-order valence-corrected chi connectivity index (χ3v) is 2.43. The average molecular weight is 223 g/mol. The first kappa shape index (κ1) is 13.0. The van der Waals surface area contributed by atoms with Crippen molar-refractivity contribution >= 4 is 5.69 Å². The molecule has 3 heteroatoms. The predicted octanol–water partition coefficient (Wildman–Crippen LogP) is 2.41. The second-order valence-electron chi connectivity index (χ2n) is 3.84. The lowest BCUT2D eigenvalue weighted by molar-refractivity contribution is 0.185. The summed E-state index contributed by atoms with van der Waals surface area (Å²) in [5.41, 5.74) is 2.33. The van der Waals surface area contributed by atoms with Gasteiger partial charge in [0.2, 0.25) is 0 Å². The fourth-order valence-electron chi connectivity index (χ4n) is 1.53. The molecule has 0 aliphatic heterocycles. The molecule has 0 aliphatic carbocycles. The monoisotopic (exact) mass is 223 g/mol. The summed E-state index contributed by atoms with van der Waals surface area (Å²) in [6.45, 7) is 1.92. The highest BCUT2D eigenvalue weighted by Crippen LogP contribution is 2.10. The molecule has 1 rings (SSSR count). The smallest absolute Gasteiger partial charge is 0.0713 e. The normalized spacial score (nSPS) is 10.4. The molecule has 1 aromatic carbocycles. The Labute approximate surface area is 97.4 Å². The largest absolute Gasteiger partial charge is 0.396 e. The lowest BCUT2D eigenvalue weighted by atomic mass is 10.2. The number of unbranched alkanes of at least 4 members (excludes halogenated alkanes) is 2. The molecule has 0 bridgehead atoms. The molecule has 1 aromatic rings. The zero-order chi connectivity index (χ0) is 11.6. The second kappa shape index (κ2) is 8.13. The molecule has 90 valence electrons. The van der Waals surface area contributed by atoms with E-state index in [1.807, 2.05) is 0 Å². The SMILES string of the molecule is COCc1ccc(NCCCCCO)cc1. The van der Waals surface area contributed by atoms with Crippen LogP contribution in [0.3, 0.4) is 0 Å². The Morgan fingerprint density at radius 2 is 1.88 bits per heavy atom. The number of ether oxygens (including phenoxy) is 1. The quantitative estimate of drug-likeness (QED) is 0.665. The lowest BCUT2D eigenvalue weighted by Crippen LogP contribution is -2.01. The second-order valence-corrected chi connectivity index (χ2v) is 3.84. The van der Waals surface area contributed by atoms with Crippen molar-refractivity contribution in [3.05, 3.63) is 29.8 Å². The Kier molecular flexibility index (Phi) is 6.61. The van der Waals surface area contributed by atoms with Gasteiger partial charge in [0.25, 0.3) is 0 Å². The first-order valence-corrected chi connectivity index (χ1v) is 5.79. The van der Waals surface area contributed by atoms with Crippen molar-refractivity contribution in [2.45, 2.75) is 25.9 Å². The van der Waals surface area contributed by atoms with Crippen molar-refractivity contribution in [3.63, 3.8) is 0 Å². The highest BCUT2D eigenvalue weighted by Gasteiger charge is 1.94. The molecule has 0 aromatic heterocycles. The van der Waals surface area contributed by atoms with Gasteiger partial charge in [0.1, 0.15) is 0 Å². The molecule has 2 N–H and O–H groups in total. The van der Waals surface area contributed by atoms with E-state index in [9.17, 15) is 0 Å². The predicted molar refractivity (Wildman–Crippen MR) is 66.6 cm³/mol. The molecular formula is C13H21NO2. The summed E-state index contributed by atoms with van der Waals surface area (Å²) in [4.78, 5) is 0. The first-order valence-electron chi connectivity index (χ1n) is 5.79. The number of anilines is 1. The van der Waals surface area contributed by atoms with Crippen LogP contribution >= 0.6 is 0 Å². The molecule has 0 amide bonds. The van der Waals surface area contributed by atoms with Crippen molar-refractivity contribution < 1.29 is 9.84 Å². The van der Waals surface area contributed by atoms with E-state index >= 15 is 0 Å². The molecule has 0 atom stereocenters. The lowest BCUT2D eigenvalue weighted by Gasteiger charge is -2.07. The van der Waals surface area contributed by atoms with Crippen molar-refractivity contribution in [3.8, 4) is 0 Å². The summed E-state index contributed by atoms with van der Waals surface area (Å²) >= 11 is 0. The zero-order valence-electron chi connectivity index (χ0n) is 9.91. The van der Waals surface area contributed by atoms with Crippen LogP contribution in [0.2, 0.25) is 0 Å². The fraction of sp³-hybridized carbons (Fsp3) is 0.538. The maximum absolute atomic E-state index is 8.63. The van der Waals surface area contributed by atoms with E-state index in [2.05, 4.69) is 29.6 Å². The summed E-state index contributed by atoms with van der Waals surface area (Å²) in [6, 6.07) is 8.28. The molecule has 0 fully saturated rings. The first-order chi connectivity index (χ1) is 7.86. The van der Waals surface area contributed by atoms with Crippen LogP contribution in [0.4, 0.5) is 5.69 Å². The third kappa shape index (κ3) is 5.14. The van der Waals surface area contributed by atoms with Crippen LogP contribution in [0.1, 0.15) is 24.8 Å². The number of aliphatic hydroxyl groups is 1.